The SMILES string of the molecule is COCCNC1(C(=O)OC)CCN(Cc2ccccc2)C1. The minimum Gasteiger partial charge on any atom is -0.468 e. The predicted molar refractivity (Wildman–Crippen MR) is 81.0 cm³/mol. The van der Waals surface area contributed by atoms with E-state index in [4.69, 9.17) is 9.47 Å². The van der Waals surface area contributed by atoms with E-state index >= 15 is 0 Å². The molecule has 1 aliphatic rings. The predicted octanol–water partition coefficient (Wildman–Crippen LogP) is 1.04. The number of benzene rings is 1. The highest BCUT2D eigenvalue weighted by Gasteiger charge is 2.45. The molecule has 1 aromatic carbocycles. The molecule has 1 saturated heterocycles. The fraction of sp³-hybridized carbons (Fsp3) is 0.562. The third kappa shape index (κ3) is 4.03. The van der Waals surface area contributed by atoms with Crippen LogP contribution >= 0.6 is 0 Å². The molecule has 1 aromatic rings. The number of hydrogen-bond acceptors (Lipinski definition) is 5. The molecule has 1 aliphatic heterocycles. The Labute approximate surface area is 126 Å². The molecule has 1 atom stereocenters. The van der Waals surface area contributed by atoms with Gasteiger partial charge in [-0.15, -0.1) is 0 Å². The summed E-state index contributed by atoms with van der Waals surface area (Å²) in [6.45, 7) is 3.62. The van der Waals surface area contributed by atoms with Crippen molar-refractivity contribution in [3.63, 3.8) is 0 Å². The Morgan fingerprint density at radius 1 is 1.33 bits per heavy atom. The lowest BCUT2D eigenvalue weighted by Gasteiger charge is -2.28. The standard InChI is InChI=1S/C16H24N2O3/c1-20-11-9-17-16(15(19)21-2)8-10-18(13-16)12-14-6-4-3-5-7-14/h3-7,17H,8-13H2,1-2H3. The number of methoxy groups -OCH3 is 2. The molecule has 0 saturated carbocycles. The van der Waals surface area contributed by atoms with Gasteiger partial charge in [-0.3, -0.25) is 15.0 Å². The van der Waals surface area contributed by atoms with Gasteiger partial charge >= 0.3 is 5.97 Å². The quantitative estimate of drug-likeness (QED) is 0.601. The van der Waals surface area contributed by atoms with E-state index in [1.807, 2.05) is 18.2 Å². The molecule has 0 amide bonds. The maximum atomic E-state index is 12.2. The Balaban J connectivity index is 1.98. The maximum absolute atomic E-state index is 12.2. The second-order valence-corrected chi connectivity index (χ2v) is 5.44. The van der Waals surface area contributed by atoms with E-state index in [2.05, 4.69) is 22.3 Å². The summed E-state index contributed by atoms with van der Waals surface area (Å²) in [5, 5.41) is 3.32. The van der Waals surface area contributed by atoms with Crippen molar-refractivity contribution in [1.82, 2.24) is 10.2 Å². The summed E-state index contributed by atoms with van der Waals surface area (Å²) in [5.74, 6) is -0.186. The van der Waals surface area contributed by atoms with E-state index in [9.17, 15) is 4.79 Å². The Kier molecular flexibility index (Phi) is 5.73. The molecular weight excluding hydrogens is 268 g/mol. The number of nitrogens with one attached hydrogen (secondary N) is 1. The number of hydrogen-bond donors (Lipinski definition) is 1. The van der Waals surface area contributed by atoms with Gasteiger partial charge in [0.1, 0.15) is 5.54 Å². The minimum atomic E-state index is -0.609. The molecule has 1 unspecified atom stereocenters. The van der Waals surface area contributed by atoms with Gasteiger partial charge in [-0.05, 0) is 12.0 Å². The molecule has 2 rings (SSSR count). The monoisotopic (exact) mass is 292 g/mol. The van der Waals surface area contributed by atoms with Crippen LogP contribution in [0.3, 0.4) is 0 Å². The second-order valence-electron chi connectivity index (χ2n) is 5.44. The molecule has 0 bridgehead atoms. The first kappa shape index (κ1) is 15.9. The first-order valence-electron chi connectivity index (χ1n) is 7.29. The highest BCUT2D eigenvalue weighted by Crippen LogP contribution is 2.24. The largest absolute Gasteiger partial charge is 0.468 e. The third-order valence-corrected chi connectivity index (χ3v) is 3.94. The number of esters is 1. The van der Waals surface area contributed by atoms with Crippen molar-refractivity contribution in [2.75, 3.05) is 40.5 Å². The molecule has 5 nitrogen and oxygen atoms in total. The van der Waals surface area contributed by atoms with E-state index in [-0.39, 0.29) is 5.97 Å². The number of likely N-dealkylation sites (tertiary alicyclic amines) is 1. The van der Waals surface area contributed by atoms with E-state index in [1.165, 1.54) is 12.7 Å². The van der Waals surface area contributed by atoms with Crippen LogP contribution in [0.5, 0.6) is 0 Å². The molecule has 0 spiro atoms. The van der Waals surface area contributed by atoms with Crippen LogP contribution < -0.4 is 5.32 Å². The maximum Gasteiger partial charge on any atom is 0.327 e. The van der Waals surface area contributed by atoms with Crippen LogP contribution in [-0.2, 0) is 20.8 Å². The van der Waals surface area contributed by atoms with Gasteiger partial charge in [0.2, 0.25) is 0 Å². The smallest absolute Gasteiger partial charge is 0.327 e. The average molecular weight is 292 g/mol. The van der Waals surface area contributed by atoms with Crippen LogP contribution in [0.15, 0.2) is 30.3 Å². The van der Waals surface area contributed by atoms with Crippen LogP contribution in [0, 0.1) is 0 Å². The van der Waals surface area contributed by atoms with Gasteiger partial charge in [0.15, 0.2) is 0 Å². The van der Waals surface area contributed by atoms with Crippen molar-refractivity contribution in [1.29, 1.82) is 0 Å². The van der Waals surface area contributed by atoms with E-state index in [0.717, 1.165) is 19.5 Å². The van der Waals surface area contributed by atoms with Gasteiger partial charge < -0.3 is 9.47 Å². The Bertz CT molecular complexity index is 452. The summed E-state index contributed by atoms with van der Waals surface area (Å²) in [7, 11) is 3.10. The molecule has 0 radical (unpaired) electrons. The zero-order valence-electron chi connectivity index (χ0n) is 12.8. The van der Waals surface area contributed by atoms with Crippen molar-refractivity contribution in [3.8, 4) is 0 Å². The van der Waals surface area contributed by atoms with Crippen molar-refractivity contribution in [2.45, 2.75) is 18.5 Å². The van der Waals surface area contributed by atoms with Gasteiger partial charge in [0, 0.05) is 33.3 Å². The lowest BCUT2D eigenvalue weighted by Crippen LogP contribution is -2.55. The van der Waals surface area contributed by atoms with Crippen molar-refractivity contribution >= 4 is 5.97 Å². The Hall–Kier alpha value is -1.43. The molecule has 1 N–H and O–H groups in total. The summed E-state index contributed by atoms with van der Waals surface area (Å²) in [4.78, 5) is 14.5. The van der Waals surface area contributed by atoms with E-state index in [1.54, 1.807) is 7.11 Å². The summed E-state index contributed by atoms with van der Waals surface area (Å²) < 4.78 is 10.1. The van der Waals surface area contributed by atoms with Gasteiger partial charge in [-0.25, -0.2) is 0 Å². The van der Waals surface area contributed by atoms with Crippen LogP contribution in [-0.4, -0.2) is 56.9 Å². The topological polar surface area (TPSA) is 50.8 Å². The van der Waals surface area contributed by atoms with Gasteiger partial charge in [0.05, 0.1) is 13.7 Å². The fourth-order valence-corrected chi connectivity index (χ4v) is 2.84. The summed E-state index contributed by atoms with van der Waals surface area (Å²) >= 11 is 0. The Morgan fingerprint density at radius 2 is 2.10 bits per heavy atom. The first-order valence-corrected chi connectivity index (χ1v) is 7.29. The summed E-state index contributed by atoms with van der Waals surface area (Å²) in [6.07, 6.45) is 0.760. The zero-order valence-corrected chi connectivity index (χ0v) is 12.8. The van der Waals surface area contributed by atoms with Gasteiger partial charge in [0.25, 0.3) is 0 Å². The highest BCUT2D eigenvalue weighted by atomic mass is 16.5. The molecule has 5 heteroatoms. The lowest BCUT2D eigenvalue weighted by atomic mass is 9.99. The number of nitrogens with zero attached hydrogens (tertiary/aromatic N) is 1. The summed E-state index contributed by atoms with van der Waals surface area (Å²) in [6, 6.07) is 10.3. The Morgan fingerprint density at radius 3 is 2.76 bits per heavy atom. The average Bonchev–Trinajstić information content (AvgIpc) is 2.92. The molecule has 1 fully saturated rings. The van der Waals surface area contributed by atoms with Crippen molar-refractivity contribution in [3.05, 3.63) is 35.9 Å². The molecule has 21 heavy (non-hydrogen) atoms. The highest BCUT2D eigenvalue weighted by molar-refractivity contribution is 5.81. The fourth-order valence-electron chi connectivity index (χ4n) is 2.84. The van der Waals surface area contributed by atoms with E-state index in [0.29, 0.717) is 19.7 Å². The second kappa shape index (κ2) is 7.54. The summed E-state index contributed by atoms with van der Waals surface area (Å²) in [5.41, 5.74) is 0.650. The van der Waals surface area contributed by atoms with Gasteiger partial charge in [-0.2, -0.15) is 0 Å². The van der Waals surface area contributed by atoms with Crippen LogP contribution in [0.25, 0.3) is 0 Å². The molecule has 1 heterocycles. The number of carbonyl (C=O) groups excluding carboxylic acids is 1. The lowest BCUT2D eigenvalue weighted by molar-refractivity contribution is -0.148. The molecule has 0 aromatic heterocycles. The van der Waals surface area contributed by atoms with E-state index < -0.39 is 5.54 Å². The van der Waals surface area contributed by atoms with Crippen molar-refractivity contribution < 1.29 is 14.3 Å². The number of carbonyl (C=O) groups is 1. The van der Waals surface area contributed by atoms with Crippen LogP contribution in [0.2, 0.25) is 0 Å². The van der Waals surface area contributed by atoms with Crippen LogP contribution in [0.4, 0.5) is 0 Å². The first-order chi connectivity index (χ1) is 10.2. The molecule has 0 aliphatic carbocycles. The van der Waals surface area contributed by atoms with Crippen molar-refractivity contribution in [2.24, 2.45) is 0 Å². The number of rotatable bonds is 7. The van der Waals surface area contributed by atoms with Gasteiger partial charge in [-0.1, -0.05) is 30.3 Å². The number of ether oxygens (including phenoxy) is 2. The third-order valence-electron chi connectivity index (χ3n) is 3.94. The molecular formula is C16H24N2O3. The van der Waals surface area contributed by atoms with Crippen LogP contribution in [0.1, 0.15) is 12.0 Å². The minimum absolute atomic E-state index is 0.186. The molecule has 116 valence electrons. The zero-order chi connectivity index (χ0) is 15.1. The normalized spacial score (nSPS) is 22.4.